The molecular weight excluding hydrogens is 321 g/mol. The second-order valence-electron chi connectivity index (χ2n) is 6.13. The van der Waals surface area contributed by atoms with Crippen LogP contribution in [0.3, 0.4) is 0 Å². The van der Waals surface area contributed by atoms with Gasteiger partial charge in [-0.2, -0.15) is 0 Å². The van der Waals surface area contributed by atoms with Gasteiger partial charge in [-0.3, -0.25) is 4.79 Å². The number of hydrogen-bond acceptors (Lipinski definition) is 3. The van der Waals surface area contributed by atoms with E-state index in [-0.39, 0.29) is 11.7 Å². The molecular formula is C20H20FNO3. The van der Waals surface area contributed by atoms with Gasteiger partial charge in [-0.1, -0.05) is 25.5 Å². The number of ether oxygens (including phenoxy) is 1. The van der Waals surface area contributed by atoms with Gasteiger partial charge in [0, 0.05) is 18.5 Å². The summed E-state index contributed by atoms with van der Waals surface area (Å²) in [6.07, 6.45) is 1.92. The number of benzene rings is 2. The molecule has 0 radical (unpaired) electrons. The van der Waals surface area contributed by atoms with Crippen molar-refractivity contribution in [3.8, 4) is 0 Å². The molecule has 0 aromatic heterocycles. The van der Waals surface area contributed by atoms with Crippen LogP contribution in [-0.4, -0.2) is 18.4 Å². The van der Waals surface area contributed by atoms with Gasteiger partial charge >= 0.3 is 5.97 Å². The predicted molar refractivity (Wildman–Crippen MR) is 91.9 cm³/mol. The summed E-state index contributed by atoms with van der Waals surface area (Å²) in [5.41, 5.74) is 2.51. The smallest absolute Gasteiger partial charge is 0.339 e. The molecule has 1 N–H and O–H groups in total. The lowest BCUT2D eigenvalue weighted by molar-refractivity contribution is 0.0252. The van der Waals surface area contributed by atoms with Gasteiger partial charge in [0.25, 0.3) is 5.91 Å². The molecule has 0 saturated carbocycles. The van der Waals surface area contributed by atoms with Crippen LogP contribution in [0, 0.1) is 5.82 Å². The summed E-state index contributed by atoms with van der Waals surface area (Å²) < 4.78 is 18.5. The van der Waals surface area contributed by atoms with Crippen LogP contribution >= 0.6 is 0 Å². The summed E-state index contributed by atoms with van der Waals surface area (Å²) in [7, 11) is 0. The van der Waals surface area contributed by atoms with Crippen LogP contribution in [0.25, 0.3) is 0 Å². The molecule has 0 bridgehead atoms. The van der Waals surface area contributed by atoms with Gasteiger partial charge in [0.2, 0.25) is 0 Å². The van der Waals surface area contributed by atoms with Crippen LogP contribution in [0.4, 0.5) is 4.39 Å². The van der Waals surface area contributed by atoms with Crippen LogP contribution in [0.2, 0.25) is 0 Å². The minimum absolute atomic E-state index is 0.145. The number of esters is 1. The summed E-state index contributed by atoms with van der Waals surface area (Å²) in [6.45, 7) is 2.69. The van der Waals surface area contributed by atoms with Crippen LogP contribution in [0.1, 0.15) is 57.7 Å². The number of carbonyl (C=O) groups is 2. The van der Waals surface area contributed by atoms with Crippen molar-refractivity contribution >= 4 is 11.9 Å². The molecule has 2 aromatic rings. The van der Waals surface area contributed by atoms with Gasteiger partial charge in [0.05, 0.1) is 5.56 Å². The maximum Gasteiger partial charge on any atom is 0.339 e. The zero-order valence-corrected chi connectivity index (χ0v) is 14.0. The number of carbonyl (C=O) groups excluding carboxylic acids is 2. The number of cyclic esters (lactones) is 1. The van der Waals surface area contributed by atoms with Crippen molar-refractivity contribution in [2.24, 2.45) is 0 Å². The molecule has 1 heterocycles. The molecule has 1 aliphatic heterocycles. The summed E-state index contributed by atoms with van der Waals surface area (Å²) in [4.78, 5) is 24.4. The van der Waals surface area contributed by atoms with E-state index in [1.165, 1.54) is 12.1 Å². The van der Waals surface area contributed by atoms with Gasteiger partial charge in [-0.15, -0.1) is 0 Å². The minimum atomic E-state index is -0.473. The highest BCUT2D eigenvalue weighted by Crippen LogP contribution is 2.31. The van der Waals surface area contributed by atoms with E-state index in [9.17, 15) is 14.0 Å². The summed E-state index contributed by atoms with van der Waals surface area (Å²) in [5.74, 6) is -0.903. The Morgan fingerprint density at radius 1 is 1.24 bits per heavy atom. The number of fused-ring (bicyclic) bond motifs is 1. The topological polar surface area (TPSA) is 55.4 Å². The monoisotopic (exact) mass is 341 g/mol. The Morgan fingerprint density at radius 3 is 2.72 bits per heavy atom. The van der Waals surface area contributed by atoms with Crippen LogP contribution < -0.4 is 5.32 Å². The van der Waals surface area contributed by atoms with Crippen molar-refractivity contribution in [1.82, 2.24) is 5.32 Å². The van der Waals surface area contributed by atoms with E-state index in [0.29, 0.717) is 24.1 Å². The molecule has 1 unspecified atom stereocenters. The quantitative estimate of drug-likeness (QED) is 0.665. The minimum Gasteiger partial charge on any atom is -0.454 e. The van der Waals surface area contributed by atoms with Gasteiger partial charge in [0.1, 0.15) is 11.9 Å². The maximum atomic E-state index is 13.1. The van der Waals surface area contributed by atoms with E-state index in [4.69, 9.17) is 4.74 Å². The molecule has 4 nitrogen and oxygen atoms in total. The first-order valence-electron chi connectivity index (χ1n) is 8.46. The average Bonchev–Trinajstić information content (AvgIpc) is 2.62. The fraction of sp³-hybridized carbons (Fsp3) is 0.300. The van der Waals surface area contributed by atoms with Crippen LogP contribution in [-0.2, 0) is 11.2 Å². The van der Waals surface area contributed by atoms with E-state index >= 15 is 0 Å². The number of hydrogen-bond donors (Lipinski definition) is 1. The number of unbranched alkanes of at least 4 members (excludes halogenated alkanes) is 1. The Morgan fingerprint density at radius 2 is 2.00 bits per heavy atom. The first kappa shape index (κ1) is 17.1. The normalized spacial score (nSPS) is 16.1. The molecule has 0 fully saturated rings. The molecule has 0 saturated heterocycles. The second-order valence-corrected chi connectivity index (χ2v) is 6.13. The standard InChI is InChI=1S/C20H20FNO3/c1-2-3-10-22-19(23)14-6-9-17-15(11-14)12-18(25-20(17)24)13-4-7-16(21)8-5-13/h4-9,11,18H,2-3,10,12H2,1H3,(H,22,23). The van der Waals surface area contributed by atoms with E-state index in [1.54, 1.807) is 30.3 Å². The Labute approximate surface area is 146 Å². The van der Waals surface area contributed by atoms with Crippen molar-refractivity contribution in [2.45, 2.75) is 32.3 Å². The van der Waals surface area contributed by atoms with Crippen molar-refractivity contribution in [1.29, 1.82) is 0 Å². The molecule has 3 rings (SSSR count). The zero-order valence-electron chi connectivity index (χ0n) is 14.0. The second kappa shape index (κ2) is 7.47. The Bertz CT molecular complexity index is 786. The van der Waals surface area contributed by atoms with Crippen molar-refractivity contribution in [3.05, 3.63) is 70.5 Å². The molecule has 130 valence electrons. The predicted octanol–water partition coefficient (Wildman–Crippen LogP) is 3.81. The molecule has 0 aliphatic carbocycles. The highest BCUT2D eigenvalue weighted by molar-refractivity contribution is 5.97. The van der Waals surface area contributed by atoms with Gasteiger partial charge in [-0.05, 0) is 47.9 Å². The first-order chi connectivity index (χ1) is 12.1. The third kappa shape index (κ3) is 3.87. The lowest BCUT2D eigenvalue weighted by atomic mass is 9.93. The Hall–Kier alpha value is -2.69. The largest absolute Gasteiger partial charge is 0.454 e. The number of rotatable bonds is 5. The zero-order chi connectivity index (χ0) is 17.8. The van der Waals surface area contributed by atoms with Crippen molar-refractivity contribution in [2.75, 3.05) is 6.54 Å². The summed E-state index contributed by atoms with van der Waals surface area (Å²) in [5, 5.41) is 2.87. The van der Waals surface area contributed by atoms with E-state index in [0.717, 1.165) is 24.0 Å². The molecule has 5 heteroatoms. The molecule has 1 atom stereocenters. The molecule has 25 heavy (non-hydrogen) atoms. The third-order valence-corrected chi connectivity index (χ3v) is 4.30. The van der Waals surface area contributed by atoms with Gasteiger partial charge < -0.3 is 10.1 Å². The van der Waals surface area contributed by atoms with E-state index < -0.39 is 12.1 Å². The Kier molecular flexibility index (Phi) is 5.12. The lowest BCUT2D eigenvalue weighted by Gasteiger charge is -2.25. The van der Waals surface area contributed by atoms with Gasteiger partial charge in [-0.25, -0.2) is 9.18 Å². The molecule has 2 aromatic carbocycles. The van der Waals surface area contributed by atoms with Crippen molar-refractivity contribution < 1.29 is 18.7 Å². The van der Waals surface area contributed by atoms with Crippen LogP contribution in [0.15, 0.2) is 42.5 Å². The number of nitrogens with one attached hydrogen (secondary N) is 1. The summed E-state index contributed by atoms with van der Waals surface area (Å²) in [6, 6.07) is 10.9. The van der Waals surface area contributed by atoms with Crippen LogP contribution in [0.5, 0.6) is 0 Å². The molecule has 1 amide bonds. The van der Waals surface area contributed by atoms with E-state index in [2.05, 4.69) is 12.2 Å². The number of halogens is 1. The highest BCUT2D eigenvalue weighted by atomic mass is 19.1. The highest BCUT2D eigenvalue weighted by Gasteiger charge is 2.28. The fourth-order valence-electron chi connectivity index (χ4n) is 2.88. The third-order valence-electron chi connectivity index (χ3n) is 4.30. The average molecular weight is 341 g/mol. The van der Waals surface area contributed by atoms with E-state index in [1.807, 2.05) is 0 Å². The SMILES string of the molecule is CCCCNC(=O)c1ccc2c(c1)CC(c1ccc(F)cc1)OC2=O. The molecule has 1 aliphatic rings. The van der Waals surface area contributed by atoms with Gasteiger partial charge in [0.15, 0.2) is 0 Å². The lowest BCUT2D eigenvalue weighted by Crippen LogP contribution is -2.26. The fourth-order valence-corrected chi connectivity index (χ4v) is 2.88. The first-order valence-corrected chi connectivity index (χ1v) is 8.46. The van der Waals surface area contributed by atoms with Crippen molar-refractivity contribution in [3.63, 3.8) is 0 Å². The maximum absolute atomic E-state index is 13.1. The Balaban J connectivity index is 1.81. The summed E-state index contributed by atoms with van der Waals surface area (Å²) >= 11 is 0. The number of amides is 1. The molecule has 0 spiro atoms.